The minimum atomic E-state index is -0.610. The molecule has 0 saturated carbocycles. The molecule has 2 N–H and O–H groups in total. The van der Waals surface area contributed by atoms with Crippen LogP contribution in [0.4, 0.5) is 5.69 Å². The molecule has 1 aliphatic carbocycles. The third-order valence-corrected chi connectivity index (χ3v) is 6.55. The van der Waals surface area contributed by atoms with Crippen molar-refractivity contribution < 1.29 is 9.53 Å². The molecule has 7 nitrogen and oxygen atoms in total. The lowest BCUT2D eigenvalue weighted by atomic mass is 10.1. The van der Waals surface area contributed by atoms with E-state index in [0.717, 1.165) is 35.2 Å². The number of H-pyrrole nitrogens is 1. The highest BCUT2D eigenvalue weighted by atomic mass is 32.1. The number of amides is 1. The molecule has 1 aromatic carbocycles. The van der Waals surface area contributed by atoms with Crippen molar-refractivity contribution in [3.63, 3.8) is 0 Å². The second-order valence-corrected chi connectivity index (χ2v) is 8.20. The Kier molecular flexibility index (Phi) is 4.08. The summed E-state index contributed by atoms with van der Waals surface area (Å²) in [5.41, 5.74) is 2.00. The molecule has 3 aromatic rings. The highest BCUT2D eigenvalue weighted by molar-refractivity contribution is 7.18. The van der Waals surface area contributed by atoms with Crippen LogP contribution in [0, 0.1) is 0 Å². The predicted octanol–water partition coefficient (Wildman–Crippen LogP) is 1.99. The van der Waals surface area contributed by atoms with E-state index in [2.05, 4.69) is 10.3 Å². The Balaban J connectivity index is 1.51. The van der Waals surface area contributed by atoms with Gasteiger partial charge >= 0.3 is 0 Å². The van der Waals surface area contributed by atoms with E-state index in [1.165, 1.54) is 10.4 Å². The summed E-state index contributed by atoms with van der Waals surface area (Å²) in [4.78, 5) is 36.7. The molecule has 0 radical (unpaired) electrons. The van der Waals surface area contributed by atoms with Crippen LogP contribution >= 0.6 is 11.3 Å². The lowest BCUT2D eigenvalue weighted by Crippen LogP contribution is -2.48. The summed E-state index contributed by atoms with van der Waals surface area (Å²) in [6, 6.07) is 7.60. The monoisotopic (exact) mass is 396 g/mol. The zero-order chi connectivity index (χ0) is 19.3. The number of hydrogen-bond donors (Lipinski definition) is 2. The number of rotatable bonds is 3. The van der Waals surface area contributed by atoms with Crippen LogP contribution in [0.3, 0.4) is 0 Å². The molecule has 2 aromatic heterocycles. The number of aromatic nitrogens is 2. The minimum absolute atomic E-state index is 0.0659. The van der Waals surface area contributed by atoms with Gasteiger partial charge in [0.2, 0.25) is 0 Å². The molecule has 0 saturated heterocycles. The predicted molar refractivity (Wildman–Crippen MR) is 108 cm³/mol. The molecule has 8 heteroatoms. The Morgan fingerprint density at radius 3 is 3.11 bits per heavy atom. The second-order valence-electron chi connectivity index (χ2n) is 7.12. The number of fused-ring (bicyclic) bond motifs is 4. The van der Waals surface area contributed by atoms with Crippen molar-refractivity contribution in [3.05, 3.63) is 50.9 Å². The number of thiophene rings is 1. The number of nitrogens with zero attached hydrogens (tertiary/aromatic N) is 2. The van der Waals surface area contributed by atoms with Gasteiger partial charge < -0.3 is 19.9 Å². The molecule has 1 atom stereocenters. The largest absolute Gasteiger partial charge is 0.477 e. The van der Waals surface area contributed by atoms with Gasteiger partial charge in [-0.3, -0.25) is 9.59 Å². The molecule has 0 fully saturated rings. The summed E-state index contributed by atoms with van der Waals surface area (Å²) in [6.07, 6.45) is 2.50. The van der Waals surface area contributed by atoms with E-state index in [-0.39, 0.29) is 11.5 Å². The van der Waals surface area contributed by atoms with Crippen molar-refractivity contribution in [2.75, 3.05) is 18.5 Å². The molecule has 3 heterocycles. The standard InChI is InChI=1S/C20H20N4O3S/c1-21-18(25)14-9-24(12-6-2-3-7-13(12)27-14)10-16-22-19(26)17-11-5-4-8-15(11)28-20(17)23-16/h2-3,6-7,14H,4-5,8-10H2,1H3,(H,21,25)(H,22,23,26). The number of aromatic amines is 1. The normalized spacial score (nSPS) is 17.9. The molecule has 5 rings (SSSR count). The first-order valence-electron chi connectivity index (χ1n) is 9.39. The number of nitrogens with one attached hydrogen (secondary N) is 2. The quantitative estimate of drug-likeness (QED) is 0.707. The number of para-hydroxylation sites is 2. The first kappa shape index (κ1) is 17.2. The van der Waals surface area contributed by atoms with E-state index in [0.29, 0.717) is 24.7 Å². The summed E-state index contributed by atoms with van der Waals surface area (Å²) < 4.78 is 5.84. The molecule has 1 amide bonds. The van der Waals surface area contributed by atoms with Crippen LogP contribution in [-0.4, -0.2) is 35.6 Å². The highest BCUT2D eigenvalue weighted by Crippen LogP contribution is 2.36. The topological polar surface area (TPSA) is 87.3 Å². The Bertz CT molecular complexity index is 1140. The number of benzene rings is 1. The van der Waals surface area contributed by atoms with Crippen molar-refractivity contribution in [3.8, 4) is 5.75 Å². The molecule has 0 bridgehead atoms. The fraction of sp³-hybridized carbons (Fsp3) is 0.350. The molecule has 0 spiro atoms. The van der Waals surface area contributed by atoms with Gasteiger partial charge in [0, 0.05) is 11.9 Å². The second kappa shape index (κ2) is 6.63. The first-order chi connectivity index (χ1) is 13.6. The Morgan fingerprint density at radius 2 is 2.25 bits per heavy atom. The van der Waals surface area contributed by atoms with Gasteiger partial charge in [-0.2, -0.15) is 0 Å². The van der Waals surface area contributed by atoms with Crippen molar-refractivity contribution in [1.82, 2.24) is 15.3 Å². The van der Waals surface area contributed by atoms with Gasteiger partial charge in [-0.25, -0.2) is 4.98 Å². The van der Waals surface area contributed by atoms with Crippen molar-refractivity contribution in [1.29, 1.82) is 0 Å². The van der Waals surface area contributed by atoms with Crippen molar-refractivity contribution in [2.45, 2.75) is 31.9 Å². The van der Waals surface area contributed by atoms with Gasteiger partial charge in [0.25, 0.3) is 11.5 Å². The lowest BCUT2D eigenvalue weighted by molar-refractivity contribution is -0.127. The summed E-state index contributed by atoms with van der Waals surface area (Å²) in [5.74, 6) is 1.08. The van der Waals surface area contributed by atoms with Crippen LogP contribution < -0.4 is 20.5 Å². The molecular weight excluding hydrogens is 376 g/mol. The lowest BCUT2D eigenvalue weighted by Gasteiger charge is -2.35. The van der Waals surface area contributed by atoms with E-state index < -0.39 is 6.10 Å². The SMILES string of the molecule is CNC(=O)C1CN(Cc2nc3sc4c(c3c(=O)[nH]2)CCC4)c2ccccc2O1. The highest BCUT2D eigenvalue weighted by Gasteiger charge is 2.30. The Hall–Kier alpha value is -2.87. The van der Waals surface area contributed by atoms with Crippen LogP contribution in [0.5, 0.6) is 5.75 Å². The van der Waals surface area contributed by atoms with Crippen LogP contribution in [0.1, 0.15) is 22.7 Å². The molecule has 144 valence electrons. The number of likely N-dealkylation sites (N-methyl/N-ethyl adjacent to an activating group) is 1. The van der Waals surface area contributed by atoms with Gasteiger partial charge in [0.15, 0.2) is 6.10 Å². The number of ether oxygens (including phenoxy) is 1. The number of carbonyl (C=O) groups excluding carboxylic acids is 1. The van der Waals surface area contributed by atoms with Gasteiger partial charge in [-0.15, -0.1) is 11.3 Å². The zero-order valence-electron chi connectivity index (χ0n) is 15.4. The van der Waals surface area contributed by atoms with Crippen molar-refractivity contribution in [2.24, 2.45) is 0 Å². The zero-order valence-corrected chi connectivity index (χ0v) is 16.3. The number of aryl methyl sites for hydroxylation is 2. The van der Waals surface area contributed by atoms with Crippen LogP contribution in [-0.2, 0) is 24.2 Å². The Morgan fingerprint density at radius 1 is 1.39 bits per heavy atom. The third kappa shape index (κ3) is 2.75. The van der Waals surface area contributed by atoms with E-state index >= 15 is 0 Å². The molecule has 28 heavy (non-hydrogen) atoms. The maximum absolute atomic E-state index is 12.7. The molecule has 1 unspecified atom stereocenters. The average molecular weight is 396 g/mol. The van der Waals surface area contributed by atoms with E-state index in [4.69, 9.17) is 9.72 Å². The molecular formula is C20H20N4O3S. The number of carbonyl (C=O) groups is 1. The van der Waals surface area contributed by atoms with E-state index in [1.54, 1.807) is 18.4 Å². The summed E-state index contributed by atoms with van der Waals surface area (Å²) >= 11 is 1.63. The van der Waals surface area contributed by atoms with E-state index in [1.807, 2.05) is 29.2 Å². The van der Waals surface area contributed by atoms with Crippen LogP contribution in [0.25, 0.3) is 10.2 Å². The van der Waals surface area contributed by atoms with E-state index in [9.17, 15) is 9.59 Å². The summed E-state index contributed by atoms with van der Waals surface area (Å²) in [5, 5.41) is 3.40. The van der Waals surface area contributed by atoms with Crippen LogP contribution in [0.15, 0.2) is 29.1 Å². The van der Waals surface area contributed by atoms with Crippen molar-refractivity contribution >= 4 is 33.1 Å². The van der Waals surface area contributed by atoms with Gasteiger partial charge in [0.1, 0.15) is 16.4 Å². The van der Waals surface area contributed by atoms with Gasteiger partial charge in [0.05, 0.1) is 24.2 Å². The molecule has 2 aliphatic rings. The number of hydrogen-bond acceptors (Lipinski definition) is 6. The third-order valence-electron chi connectivity index (χ3n) is 5.36. The van der Waals surface area contributed by atoms with Crippen LogP contribution in [0.2, 0.25) is 0 Å². The fourth-order valence-electron chi connectivity index (χ4n) is 4.06. The maximum Gasteiger partial charge on any atom is 0.262 e. The van der Waals surface area contributed by atoms with Gasteiger partial charge in [-0.1, -0.05) is 12.1 Å². The summed E-state index contributed by atoms with van der Waals surface area (Å²) in [7, 11) is 1.60. The molecule has 1 aliphatic heterocycles. The first-order valence-corrected chi connectivity index (χ1v) is 10.2. The number of anilines is 1. The maximum atomic E-state index is 12.7. The van der Waals surface area contributed by atoms with Gasteiger partial charge in [-0.05, 0) is 37.0 Å². The smallest absolute Gasteiger partial charge is 0.262 e. The average Bonchev–Trinajstić information content (AvgIpc) is 3.28. The minimum Gasteiger partial charge on any atom is -0.477 e. The fourth-order valence-corrected chi connectivity index (χ4v) is 5.34. The Labute approximate surface area is 165 Å². The summed E-state index contributed by atoms with van der Waals surface area (Å²) in [6.45, 7) is 0.793.